The van der Waals surface area contributed by atoms with Gasteiger partial charge in [-0.1, -0.05) is 0 Å². The number of nitro groups is 1. The van der Waals surface area contributed by atoms with Crippen LogP contribution in [0.25, 0.3) is 0 Å². The van der Waals surface area contributed by atoms with E-state index in [1.54, 1.807) is 6.07 Å². The number of hydrogen-bond donors (Lipinski definition) is 1. The highest BCUT2D eigenvalue weighted by Gasteiger charge is 2.31. The minimum absolute atomic E-state index is 0.329. The van der Waals surface area contributed by atoms with E-state index in [0.717, 1.165) is 19.4 Å². The Morgan fingerprint density at radius 2 is 2.20 bits per heavy atom. The lowest BCUT2D eigenvalue weighted by Crippen LogP contribution is -2.42. The van der Waals surface area contributed by atoms with Gasteiger partial charge in [-0.25, -0.2) is 0 Å². The van der Waals surface area contributed by atoms with Crippen LogP contribution in [0, 0.1) is 15.9 Å². The fraction of sp³-hybridized carbons (Fsp3) is 0.571. The van der Waals surface area contributed by atoms with Crippen LogP contribution >= 0.6 is 0 Å². The largest absolute Gasteiger partial charge is 0.382 e. The maximum Gasteiger partial charge on any atom is 0.304 e. The van der Waals surface area contributed by atoms with Crippen LogP contribution in [-0.2, 0) is 0 Å². The first-order valence-corrected chi connectivity index (χ1v) is 7.08. The molecule has 20 heavy (non-hydrogen) atoms. The second kappa shape index (κ2) is 5.36. The lowest BCUT2D eigenvalue weighted by atomic mass is 9.97. The van der Waals surface area contributed by atoms with Crippen molar-refractivity contribution in [1.29, 1.82) is 0 Å². The molecule has 2 atom stereocenters. The Kier molecular flexibility index (Phi) is 3.56. The number of nitro benzene ring substituents is 1. The van der Waals surface area contributed by atoms with Crippen molar-refractivity contribution in [3.05, 3.63) is 34.1 Å². The standard InChI is InChI=1S/C14H18FN3O2/c15-13-9-10(3-4-14(13)18(19)20)16-11-5-7-17-6-1-2-12(17)8-11/h3-4,9,11-12,16H,1-2,5-8H2. The van der Waals surface area contributed by atoms with E-state index in [1.165, 1.54) is 31.5 Å². The topological polar surface area (TPSA) is 58.4 Å². The number of nitrogens with one attached hydrogen (secondary N) is 1. The fourth-order valence-corrected chi connectivity index (χ4v) is 3.34. The van der Waals surface area contributed by atoms with Crippen LogP contribution in [0.2, 0.25) is 0 Å². The van der Waals surface area contributed by atoms with Crippen LogP contribution in [-0.4, -0.2) is 35.0 Å². The SMILES string of the molecule is O=[N+]([O-])c1ccc(NC2CCN3CCCC3C2)cc1F. The first-order valence-electron chi connectivity index (χ1n) is 7.08. The number of hydrogen-bond acceptors (Lipinski definition) is 4. The summed E-state index contributed by atoms with van der Waals surface area (Å²) < 4.78 is 13.6. The second-order valence-corrected chi connectivity index (χ2v) is 5.62. The molecule has 2 heterocycles. The van der Waals surface area contributed by atoms with Gasteiger partial charge in [0.15, 0.2) is 0 Å². The summed E-state index contributed by atoms with van der Waals surface area (Å²) in [6, 6.07) is 5.00. The fourth-order valence-electron chi connectivity index (χ4n) is 3.34. The van der Waals surface area contributed by atoms with Gasteiger partial charge in [-0.2, -0.15) is 4.39 Å². The van der Waals surface area contributed by atoms with Crippen LogP contribution in [0.4, 0.5) is 15.8 Å². The molecule has 2 aliphatic rings. The first-order chi connectivity index (χ1) is 9.63. The summed E-state index contributed by atoms with van der Waals surface area (Å²) in [5.74, 6) is -0.779. The molecule has 1 aromatic carbocycles. The molecule has 0 saturated carbocycles. The van der Waals surface area contributed by atoms with Gasteiger partial charge in [0.2, 0.25) is 5.82 Å². The summed E-state index contributed by atoms with van der Waals surface area (Å²) in [6.07, 6.45) is 4.62. The molecule has 1 N–H and O–H groups in total. The third-order valence-electron chi connectivity index (χ3n) is 4.34. The lowest BCUT2D eigenvalue weighted by molar-refractivity contribution is -0.387. The average Bonchev–Trinajstić information content (AvgIpc) is 2.85. The van der Waals surface area contributed by atoms with E-state index in [9.17, 15) is 14.5 Å². The molecular formula is C14H18FN3O2. The smallest absolute Gasteiger partial charge is 0.304 e. The van der Waals surface area contributed by atoms with Crippen LogP contribution in [0.5, 0.6) is 0 Å². The van der Waals surface area contributed by atoms with Gasteiger partial charge < -0.3 is 10.2 Å². The van der Waals surface area contributed by atoms with E-state index in [2.05, 4.69) is 10.2 Å². The van der Waals surface area contributed by atoms with Crippen molar-refractivity contribution in [3.8, 4) is 0 Å². The molecule has 2 aliphatic heterocycles. The molecule has 0 amide bonds. The van der Waals surface area contributed by atoms with Crippen LogP contribution in [0.1, 0.15) is 25.7 Å². The van der Waals surface area contributed by atoms with E-state index >= 15 is 0 Å². The van der Waals surface area contributed by atoms with Crippen molar-refractivity contribution >= 4 is 11.4 Å². The average molecular weight is 279 g/mol. The zero-order valence-corrected chi connectivity index (χ0v) is 11.2. The molecule has 5 nitrogen and oxygen atoms in total. The summed E-state index contributed by atoms with van der Waals surface area (Å²) in [5.41, 5.74) is 0.158. The zero-order valence-electron chi connectivity index (χ0n) is 11.2. The summed E-state index contributed by atoms with van der Waals surface area (Å²) in [6.45, 7) is 2.28. The van der Waals surface area contributed by atoms with Crippen molar-refractivity contribution in [2.75, 3.05) is 18.4 Å². The number of halogens is 1. The third kappa shape index (κ3) is 2.60. The highest BCUT2D eigenvalue weighted by atomic mass is 19.1. The van der Waals surface area contributed by atoms with E-state index in [-0.39, 0.29) is 0 Å². The van der Waals surface area contributed by atoms with Crippen LogP contribution < -0.4 is 5.32 Å². The number of piperidine rings is 1. The summed E-state index contributed by atoms with van der Waals surface area (Å²) >= 11 is 0. The Balaban J connectivity index is 1.66. The summed E-state index contributed by atoms with van der Waals surface area (Å²) in [5, 5.41) is 13.9. The van der Waals surface area contributed by atoms with Gasteiger partial charge >= 0.3 is 5.69 Å². The molecule has 0 spiro atoms. The Bertz CT molecular complexity index is 523. The van der Waals surface area contributed by atoms with E-state index < -0.39 is 16.4 Å². The first kappa shape index (κ1) is 13.3. The summed E-state index contributed by atoms with van der Waals surface area (Å²) in [4.78, 5) is 12.4. The Morgan fingerprint density at radius 3 is 2.95 bits per heavy atom. The minimum Gasteiger partial charge on any atom is -0.382 e. The maximum absolute atomic E-state index is 13.6. The maximum atomic E-state index is 13.6. The van der Waals surface area contributed by atoms with E-state index in [4.69, 9.17) is 0 Å². The van der Waals surface area contributed by atoms with Gasteiger partial charge in [0.25, 0.3) is 0 Å². The van der Waals surface area contributed by atoms with E-state index in [0.29, 0.717) is 17.8 Å². The number of benzene rings is 1. The number of rotatable bonds is 3. The van der Waals surface area contributed by atoms with Crippen molar-refractivity contribution in [3.63, 3.8) is 0 Å². The van der Waals surface area contributed by atoms with Crippen LogP contribution in [0.3, 0.4) is 0 Å². The molecule has 6 heteroatoms. The molecule has 0 bridgehead atoms. The van der Waals surface area contributed by atoms with Gasteiger partial charge in [0.1, 0.15) is 0 Å². The van der Waals surface area contributed by atoms with Crippen molar-refractivity contribution in [2.45, 2.75) is 37.8 Å². The van der Waals surface area contributed by atoms with Crippen molar-refractivity contribution in [1.82, 2.24) is 4.90 Å². The van der Waals surface area contributed by atoms with Gasteiger partial charge in [0, 0.05) is 36.4 Å². The molecular weight excluding hydrogens is 261 g/mol. The zero-order chi connectivity index (χ0) is 14.1. The van der Waals surface area contributed by atoms with Gasteiger partial charge in [-0.3, -0.25) is 10.1 Å². The number of anilines is 1. The Hall–Kier alpha value is -1.69. The quantitative estimate of drug-likeness (QED) is 0.682. The van der Waals surface area contributed by atoms with Crippen molar-refractivity contribution in [2.24, 2.45) is 0 Å². The number of nitrogens with zero attached hydrogens (tertiary/aromatic N) is 2. The predicted molar refractivity (Wildman–Crippen MR) is 74.3 cm³/mol. The van der Waals surface area contributed by atoms with Crippen LogP contribution in [0.15, 0.2) is 18.2 Å². The van der Waals surface area contributed by atoms with Gasteiger partial charge in [0.05, 0.1) is 4.92 Å². The van der Waals surface area contributed by atoms with Gasteiger partial charge in [-0.15, -0.1) is 0 Å². The lowest BCUT2D eigenvalue weighted by Gasteiger charge is -2.35. The molecule has 1 aromatic rings. The monoisotopic (exact) mass is 279 g/mol. The molecule has 0 aromatic heterocycles. The predicted octanol–water partition coefficient (Wildman–Crippen LogP) is 2.77. The summed E-state index contributed by atoms with van der Waals surface area (Å²) in [7, 11) is 0. The molecule has 0 radical (unpaired) electrons. The highest BCUT2D eigenvalue weighted by molar-refractivity contribution is 5.50. The normalized spacial score (nSPS) is 26.2. The number of fused-ring (bicyclic) bond motifs is 1. The van der Waals surface area contributed by atoms with Crippen molar-refractivity contribution < 1.29 is 9.31 Å². The molecule has 2 saturated heterocycles. The highest BCUT2D eigenvalue weighted by Crippen LogP contribution is 2.29. The minimum atomic E-state index is -0.779. The molecule has 3 rings (SSSR count). The molecule has 0 aliphatic carbocycles. The second-order valence-electron chi connectivity index (χ2n) is 5.62. The Labute approximate surface area is 116 Å². The third-order valence-corrected chi connectivity index (χ3v) is 4.34. The van der Waals surface area contributed by atoms with E-state index in [1.807, 2.05) is 0 Å². The molecule has 2 unspecified atom stereocenters. The molecule has 108 valence electrons. The van der Waals surface area contributed by atoms with Gasteiger partial charge in [-0.05, 0) is 38.3 Å². The molecule has 2 fully saturated rings. The Morgan fingerprint density at radius 1 is 1.35 bits per heavy atom.